The second kappa shape index (κ2) is 7.93. The fraction of sp³-hybridized carbons (Fsp3) is 0.0952. The molecule has 0 unspecified atom stereocenters. The maximum Gasteiger partial charge on any atom is 0.275 e. The van der Waals surface area contributed by atoms with E-state index in [1.54, 1.807) is 48.5 Å². The molecule has 156 valence electrons. The van der Waals surface area contributed by atoms with Crippen molar-refractivity contribution in [3.8, 4) is 0 Å². The largest absolute Gasteiger partial charge is 0.325 e. The first-order chi connectivity index (χ1) is 14.8. The number of carbonyl (C=O) groups is 4. The molecule has 0 spiro atoms. The number of nitrogens with zero attached hydrogens (tertiary/aromatic N) is 2. The molecule has 1 saturated heterocycles. The molecule has 0 aromatic heterocycles. The maximum absolute atomic E-state index is 13.3. The summed E-state index contributed by atoms with van der Waals surface area (Å²) in [4.78, 5) is 52.8. The standard InChI is InChI=1S/C21H15ClN4O4S/c1-11(27)26-18(19(29)24-21(26)31)17-14-4-2-3-5-15(14)25(20(17)30)10-16(28)23-13-8-6-12(22)7-9-13/h2-9H,10H2,1H3,(H,23,28)(H,24,29,31). The van der Waals surface area contributed by atoms with Gasteiger partial charge in [0.15, 0.2) is 5.11 Å². The highest BCUT2D eigenvalue weighted by Gasteiger charge is 2.43. The van der Waals surface area contributed by atoms with Crippen LogP contribution in [0.25, 0.3) is 5.57 Å². The Morgan fingerprint density at radius 2 is 1.77 bits per heavy atom. The zero-order chi connectivity index (χ0) is 22.3. The van der Waals surface area contributed by atoms with Gasteiger partial charge < -0.3 is 5.32 Å². The van der Waals surface area contributed by atoms with Crippen LogP contribution >= 0.6 is 23.8 Å². The normalized spacial score (nSPS) is 17.7. The average Bonchev–Trinajstić information content (AvgIpc) is 3.16. The van der Waals surface area contributed by atoms with E-state index in [9.17, 15) is 19.2 Å². The molecule has 0 atom stereocenters. The van der Waals surface area contributed by atoms with Gasteiger partial charge in [0.05, 0.1) is 11.3 Å². The Bertz CT molecular complexity index is 1190. The van der Waals surface area contributed by atoms with Gasteiger partial charge in [-0.05, 0) is 42.5 Å². The highest BCUT2D eigenvalue weighted by Crippen LogP contribution is 2.40. The quantitative estimate of drug-likeness (QED) is 0.547. The molecule has 31 heavy (non-hydrogen) atoms. The summed E-state index contributed by atoms with van der Waals surface area (Å²) in [5, 5.41) is 5.54. The van der Waals surface area contributed by atoms with Crippen molar-refractivity contribution < 1.29 is 19.2 Å². The number of para-hydroxylation sites is 1. The molecular weight excluding hydrogens is 440 g/mol. The summed E-state index contributed by atoms with van der Waals surface area (Å²) in [6.45, 7) is 0.956. The van der Waals surface area contributed by atoms with Crippen molar-refractivity contribution in [3.05, 3.63) is 64.8 Å². The van der Waals surface area contributed by atoms with Crippen molar-refractivity contribution >= 4 is 69.5 Å². The predicted octanol–water partition coefficient (Wildman–Crippen LogP) is 2.30. The lowest BCUT2D eigenvalue weighted by Gasteiger charge is -2.17. The molecule has 0 aliphatic carbocycles. The molecule has 4 rings (SSSR count). The number of anilines is 2. The maximum atomic E-state index is 13.3. The number of fused-ring (bicyclic) bond motifs is 1. The van der Waals surface area contributed by atoms with Crippen LogP contribution in [0.2, 0.25) is 5.02 Å². The van der Waals surface area contributed by atoms with Crippen LogP contribution in [0.15, 0.2) is 54.2 Å². The SMILES string of the molecule is CC(=O)N1C(=S)NC(=O)C1=C1C(=O)N(CC(=O)Nc2ccc(Cl)cc2)c2ccccc21. The Morgan fingerprint density at radius 3 is 2.45 bits per heavy atom. The molecule has 2 aromatic rings. The van der Waals surface area contributed by atoms with Gasteiger partial charge in [0.2, 0.25) is 11.8 Å². The number of hydrogen-bond acceptors (Lipinski definition) is 5. The fourth-order valence-electron chi connectivity index (χ4n) is 3.48. The van der Waals surface area contributed by atoms with Gasteiger partial charge in [0.25, 0.3) is 11.8 Å². The van der Waals surface area contributed by atoms with E-state index in [-0.39, 0.29) is 22.9 Å². The summed E-state index contributed by atoms with van der Waals surface area (Å²) in [6.07, 6.45) is 0. The van der Waals surface area contributed by atoms with Crippen LogP contribution in [-0.2, 0) is 19.2 Å². The Morgan fingerprint density at radius 1 is 1.10 bits per heavy atom. The smallest absolute Gasteiger partial charge is 0.275 e. The average molecular weight is 455 g/mol. The van der Waals surface area contributed by atoms with Crippen LogP contribution in [0.3, 0.4) is 0 Å². The molecule has 2 N–H and O–H groups in total. The molecule has 10 heteroatoms. The van der Waals surface area contributed by atoms with E-state index in [4.69, 9.17) is 23.8 Å². The summed E-state index contributed by atoms with van der Waals surface area (Å²) in [7, 11) is 0. The van der Waals surface area contributed by atoms with Crippen LogP contribution in [0.4, 0.5) is 11.4 Å². The first kappa shape index (κ1) is 20.7. The highest BCUT2D eigenvalue weighted by molar-refractivity contribution is 7.80. The third-order valence-electron chi connectivity index (χ3n) is 4.77. The predicted molar refractivity (Wildman–Crippen MR) is 119 cm³/mol. The Balaban J connectivity index is 1.70. The van der Waals surface area contributed by atoms with E-state index in [0.29, 0.717) is 22.0 Å². The van der Waals surface area contributed by atoms with E-state index in [1.807, 2.05) is 0 Å². The van der Waals surface area contributed by atoms with Crippen molar-refractivity contribution in [3.63, 3.8) is 0 Å². The zero-order valence-corrected chi connectivity index (χ0v) is 17.7. The van der Waals surface area contributed by atoms with Crippen LogP contribution in [0, 0.1) is 0 Å². The first-order valence-corrected chi connectivity index (χ1v) is 9.93. The van der Waals surface area contributed by atoms with E-state index in [2.05, 4.69) is 10.6 Å². The van der Waals surface area contributed by atoms with E-state index >= 15 is 0 Å². The molecule has 1 fully saturated rings. The molecule has 0 bridgehead atoms. The third kappa shape index (κ3) is 3.69. The Kier molecular flexibility index (Phi) is 5.30. The third-order valence-corrected chi connectivity index (χ3v) is 5.30. The lowest BCUT2D eigenvalue weighted by Crippen LogP contribution is -2.36. The molecule has 2 aliphatic heterocycles. The molecule has 0 saturated carbocycles. The van der Waals surface area contributed by atoms with Gasteiger partial charge in [0.1, 0.15) is 12.2 Å². The molecule has 8 nitrogen and oxygen atoms in total. The second-order valence-corrected chi connectivity index (χ2v) is 7.62. The number of thiocarbonyl (C=S) groups is 1. The minimum Gasteiger partial charge on any atom is -0.325 e. The van der Waals surface area contributed by atoms with Gasteiger partial charge in [-0.2, -0.15) is 0 Å². The number of nitrogens with one attached hydrogen (secondary N) is 2. The summed E-state index contributed by atoms with van der Waals surface area (Å²) >= 11 is 10.9. The van der Waals surface area contributed by atoms with Crippen LogP contribution < -0.4 is 15.5 Å². The van der Waals surface area contributed by atoms with E-state index < -0.39 is 23.6 Å². The number of benzene rings is 2. The summed E-state index contributed by atoms with van der Waals surface area (Å²) in [6, 6.07) is 13.3. The van der Waals surface area contributed by atoms with Gasteiger partial charge in [0, 0.05) is 23.2 Å². The number of amides is 4. The van der Waals surface area contributed by atoms with Crippen molar-refractivity contribution in [2.24, 2.45) is 0 Å². The van der Waals surface area contributed by atoms with Crippen molar-refractivity contribution in [2.75, 3.05) is 16.8 Å². The molecule has 2 heterocycles. The van der Waals surface area contributed by atoms with Crippen LogP contribution in [-0.4, -0.2) is 40.2 Å². The molecular formula is C21H15ClN4O4S. The second-order valence-electron chi connectivity index (χ2n) is 6.80. The monoisotopic (exact) mass is 454 g/mol. The number of hydrogen-bond donors (Lipinski definition) is 2. The van der Waals surface area contributed by atoms with Gasteiger partial charge in [-0.15, -0.1) is 0 Å². The summed E-state index contributed by atoms with van der Waals surface area (Å²) < 4.78 is 0. The number of carbonyl (C=O) groups excluding carboxylic acids is 4. The summed E-state index contributed by atoms with van der Waals surface area (Å²) in [5.74, 6) is -2.17. The van der Waals surface area contributed by atoms with Crippen molar-refractivity contribution in [1.82, 2.24) is 10.2 Å². The van der Waals surface area contributed by atoms with Gasteiger partial charge >= 0.3 is 0 Å². The van der Waals surface area contributed by atoms with Crippen molar-refractivity contribution in [1.29, 1.82) is 0 Å². The Labute approximate surface area is 187 Å². The minimum atomic E-state index is -0.647. The van der Waals surface area contributed by atoms with Gasteiger partial charge in [-0.25, -0.2) is 0 Å². The zero-order valence-electron chi connectivity index (χ0n) is 16.1. The topological polar surface area (TPSA) is 98.8 Å². The lowest BCUT2D eigenvalue weighted by atomic mass is 10.0. The summed E-state index contributed by atoms with van der Waals surface area (Å²) in [5.41, 5.74) is 1.29. The minimum absolute atomic E-state index is 0.0162. The fourth-order valence-corrected chi connectivity index (χ4v) is 3.92. The van der Waals surface area contributed by atoms with Crippen LogP contribution in [0.1, 0.15) is 12.5 Å². The number of rotatable bonds is 3. The van der Waals surface area contributed by atoms with E-state index in [0.717, 1.165) is 4.90 Å². The molecule has 2 aliphatic rings. The molecule has 0 radical (unpaired) electrons. The van der Waals surface area contributed by atoms with Gasteiger partial charge in [-0.1, -0.05) is 29.8 Å². The highest BCUT2D eigenvalue weighted by atomic mass is 35.5. The van der Waals surface area contributed by atoms with Gasteiger partial charge in [-0.3, -0.25) is 34.3 Å². The molecule has 2 aromatic carbocycles. The van der Waals surface area contributed by atoms with Crippen molar-refractivity contribution in [2.45, 2.75) is 6.92 Å². The van der Waals surface area contributed by atoms with Crippen LogP contribution in [0.5, 0.6) is 0 Å². The first-order valence-electron chi connectivity index (χ1n) is 9.15. The van der Waals surface area contributed by atoms with E-state index in [1.165, 1.54) is 11.8 Å². The number of halogens is 1. The Hall–Kier alpha value is -3.56. The molecule has 4 amide bonds. The lowest BCUT2D eigenvalue weighted by molar-refractivity contribution is -0.125.